The second-order valence-corrected chi connectivity index (χ2v) is 4.50. The molecule has 0 saturated carbocycles. The topological polar surface area (TPSA) is 68.9 Å². The van der Waals surface area contributed by atoms with E-state index in [1.807, 2.05) is 0 Å². The number of nitriles is 1. The summed E-state index contributed by atoms with van der Waals surface area (Å²) in [4.78, 5) is 4.12. The minimum absolute atomic E-state index is 0.0149. The van der Waals surface area contributed by atoms with E-state index in [0.29, 0.717) is 24.3 Å². The summed E-state index contributed by atoms with van der Waals surface area (Å²) in [6.45, 7) is 4.97. The number of aromatic nitrogens is 1. The molecule has 0 aliphatic rings. The molecule has 0 bridgehead atoms. The number of hydrogen-bond donors (Lipinski definition) is 2. The maximum atomic E-state index is 8.90. The van der Waals surface area contributed by atoms with E-state index >= 15 is 0 Å². The fraction of sp³-hybridized carbons (Fsp3) is 0.500. The van der Waals surface area contributed by atoms with Gasteiger partial charge in [-0.1, -0.05) is 13.8 Å². The largest absolute Gasteiger partial charge is 0.396 e. The number of nitrogens with one attached hydrogen (secondary N) is 1. The molecule has 1 heterocycles. The van der Waals surface area contributed by atoms with Gasteiger partial charge in [-0.3, -0.25) is 0 Å². The lowest BCUT2D eigenvalue weighted by molar-refractivity contribution is 0.220. The molecule has 0 saturated heterocycles. The maximum Gasteiger partial charge on any atom is 0.143 e. The molecule has 4 nitrogen and oxygen atoms in total. The Kier molecular flexibility index (Phi) is 4.27. The third kappa shape index (κ3) is 3.52. The van der Waals surface area contributed by atoms with Gasteiger partial charge in [-0.25, -0.2) is 4.98 Å². The minimum atomic E-state index is -0.0149. The highest BCUT2D eigenvalue weighted by atomic mass is 16.3. The summed E-state index contributed by atoms with van der Waals surface area (Å²) in [6, 6.07) is 5.56. The number of anilines is 1. The second-order valence-electron chi connectivity index (χ2n) is 4.50. The lowest BCUT2D eigenvalue weighted by atomic mass is 9.90. The predicted molar refractivity (Wildman–Crippen MR) is 62.9 cm³/mol. The van der Waals surface area contributed by atoms with E-state index in [4.69, 9.17) is 10.4 Å². The first-order chi connectivity index (χ1) is 7.59. The minimum Gasteiger partial charge on any atom is -0.396 e. The van der Waals surface area contributed by atoms with Crippen LogP contribution in [0.3, 0.4) is 0 Å². The Morgan fingerprint density at radius 1 is 1.56 bits per heavy atom. The van der Waals surface area contributed by atoms with Crippen molar-refractivity contribution in [1.82, 2.24) is 4.98 Å². The van der Waals surface area contributed by atoms with Crippen LogP contribution in [0.2, 0.25) is 0 Å². The van der Waals surface area contributed by atoms with Crippen LogP contribution in [-0.4, -0.2) is 23.2 Å². The van der Waals surface area contributed by atoms with E-state index in [9.17, 15) is 0 Å². The fourth-order valence-corrected chi connectivity index (χ4v) is 1.35. The molecule has 16 heavy (non-hydrogen) atoms. The zero-order valence-corrected chi connectivity index (χ0v) is 9.70. The van der Waals surface area contributed by atoms with Gasteiger partial charge in [-0.15, -0.1) is 0 Å². The first-order valence-electron chi connectivity index (χ1n) is 5.29. The molecule has 1 aromatic rings. The quantitative estimate of drug-likeness (QED) is 0.792. The third-order valence-electron chi connectivity index (χ3n) is 2.45. The van der Waals surface area contributed by atoms with E-state index < -0.39 is 0 Å². The van der Waals surface area contributed by atoms with Crippen molar-refractivity contribution in [2.45, 2.75) is 20.3 Å². The standard InChI is InChI=1S/C12H17N3O/c1-12(2,5-7-16)9-15-11-10(8-13)4-3-6-14-11/h3-4,6,16H,5,7,9H2,1-2H3,(H,14,15). The molecule has 2 N–H and O–H groups in total. The molecule has 4 heteroatoms. The molecule has 0 unspecified atom stereocenters. The Morgan fingerprint density at radius 2 is 2.31 bits per heavy atom. The molecule has 0 aromatic carbocycles. The van der Waals surface area contributed by atoms with Crippen molar-refractivity contribution in [1.29, 1.82) is 5.26 Å². The molecule has 0 radical (unpaired) electrons. The van der Waals surface area contributed by atoms with Crippen molar-refractivity contribution in [2.75, 3.05) is 18.5 Å². The van der Waals surface area contributed by atoms with Crippen LogP contribution in [0.25, 0.3) is 0 Å². The zero-order valence-electron chi connectivity index (χ0n) is 9.70. The highest BCUT2D eigenvalue weighted by Gasteiger charge is 2.17. The number of rotatable bonds is 5. The summed E-state index contributed by atoms with van der Waals surface area (Å²) in [5.74, 6) is 0.607. The van der Waals surface area contributed by atoms with Crippen LogP contribution in [0, 0.1) is 16.7 Å². The third-order valence-corrected chi connectivity index (χ3v) is 2.45. The van der Waals surface area contributed by atoms with E-state index in [1.165, 1.54) is 0 Å². The van der Waals surface area contributed by atoms with Gasteiger partial charge in [0.2, 0.25) is 0 Å². The van der Waals surface area contributed by atoms with Gasteiger partial charge in [0.15, 0.2) is 0 Å². The van der Waals surface area contributed by atoms with Crippen molar-refractivity contribution in [2.24, 2.45) is 5.41 Å². The van der Waals surface area contributed by atoms with E-state index in [0.717, 1.165) is 0 Å². The van der Waals surface area contributed by atoms with Crippen molar-refractivity contribution in [3.63, 3.8) is 0 Å². The molecule has 1 aromatic heterocycles. The average Bonchev–Trinajstić information content (AvgIpc) is 2.27. The molecule has 1 rings (SSSR count). The van der Waals surface area contributed by atoms with Crippen molar-refractivity contribution >= 4 is 5.82 Å². The molecule has 0 atom stereocenters. The lowest BCUT2D eigenvalue weighted by Gasteiger charge is -2.24. The van der Waals surface area contributed by atoms with E-state index in [2.05, 4.69) is 30.2 Å². The van der Waals surface area contributed by atoms with Gasteiger partial charge >= 0.3 is 0 Å². The van der Waals surface area contributed by atoms with Crippen molar-refractivity contribution in [3.8, 4) is 6.07 Å². The first kappa shape index (κ1) is 12.5. The Hall–Kier alpha value is -1.60. The lowest BCUT2D eigenvalue weighted by Crippen LogP contribution is -2.24. The monoisotopic (exact) mass is 219 g/mol. The average molecular weight is 219 g/mol. The van der Waals surface area contributed by atoms with Crippen LogP contribution < -0.4 is 5.32 Å². The summed E-state index contributed by atoms with van der Waals surface area (Å²) in [7, 11) is 0. The molecule has 86 valence electrons. The zero-order chi connectivity index (χ0) is 12.0. The smallest absolute Gasteiger partial charge is 0.143 e. The van der Waals surface area contributed by atoms with Crippen LogP contribution in [0.4, 0.5) is 5.82 Å². The fourth-order valence-electron chi connectivity index (χ4n) is 1.35. The summed E-state index contributed by atoms with van der Waals surface area (Å²) < 4.78 is 0. The Labute approximate surface area is 95.9 Å². The van der Waals surface area contributed by atoms with Crippen LogP contribution in [0.5, 0.6) is 0 Å². The van der Waals surface area contributed by atoms with Gasteiger partial charge in [0.05, 0.1) is 5.56 Å². The van der Waals surface area contributed by atoms with Crippen molar-refractivity contribution < 1.29 is 5.11 Å². The summed E-state index contributed by atoms with van der Waals surface area (Å²) >= 11 is 0. The molecule has 0 amide bonds. The molecule has 0 aliphatic heterocycles. The van der Waals surface area contributed by atoms with Gasteiger partial charge in [0.1, 0.15) is 11.9 Å². The summed E-state index contributed by atoms with van der Waals surface area (Å²) in [5.41, 5.74) is 0.529. The predicted octanol–water partition coefficient (Wildman–Crippen LogP) is 1.77. The van der Waals surface area contributed by atoms with E-state index in [1.54, 1.807) is 18.3 Å². The summed E-state index contributed by atoms with van der Waals surface area (Å²) in [5, 5.41) is 20.9. The molecule has 0 spiro atoms. The molecule has 0 aliphatic carbocycles. The number of hydrogen-bond acceptors (Lipinski definition) is 4. The van der Waals surface area contributed by atoms with Crippen LogP contribution >= 0.6 is 0 Å². The van der Waals surface area contributed by atoms with Crippen molar-refractivity contribution in [3.05, 3.63) is 23.9 Å². The Bertz CT molecular complexity index is 382. The van der Waals surface area contributed by atoms with Gasteiger partial charge in [-0.2, -0.15) is 5.26 Å². The SMILES string of the molecule is CC(C)(CCO)CNc1ncccc1C#N. The normalized spacial score (nSPS) is 10.9. The van der Waals surface area contributed by atoms with Gasteiger partial charge in [0, 0.05) is 19.3 Å². The highest BCUT2D eigenvalue weighted by molar-refractivity contribution is 5.51. The summed E-state index contributed by atoms with van der Waals surface area (Å²) in [6.07, 6.45) is 2.37. The number of aliphatic hydroxyl groups is 1. The number of pyridine rings is 1. The van der Waals surface area contributed by atoms with E-state index in [-0.39, 0.29) is 12.0 Å². The molecular formula is C12H17N3O. The number of nitrogens with zero attached hydrogens (tertiary/aromatic N) is 2. The van der Waals surface area contributed by atoms with Crippen LogP contribution in [0.15, 0.2) is 18.3 Å². The van der Waals surface area contributed by atoms with Gasteiger partial charge in [0.25, 0.3) is 0 Å². The number of aliphatic hydroxyl groups excluding tert-OH is 1. The Morgan fingerprint density at radius 3 is 2.94 bits per heavy atom. The molecular weight excluding hydrogens is 202 g/mol. The highest BCUT2D eigenvalue weighted by Crippen LogP contribution is 2.21. The van der Waals surface area contributed by atoms with Crippen LogP contribution in [0.1, 0.15) is 25.8 Å². The second kappa shape index (κ2) is 5.47. The van der Waals surface area contributed by atoms with Crippen LogP contribution in [-0.2, 0) is 0 Å². The Balaban J connectivity index is 2.65. The van der Waals surface area contributed by atoms with Gasteiger partial charge < -0.3 is 10.4 Å². The first-order valence-corrected chi connectivity index (χ1v) is 5.29. The molecule has 0 fully saturated rings. The van der Waals surface area contributed by atoms with Gasteiger partial charge in [-0.05, 0) is 24.0 Å². The maximum absolute atomic E-state index is 8.90.